The van der Waals surface area contributed by atoms with Crippen molar-refractivity contribution in [2.75, 3.05) is 13.2 Å². The van der Waals surface area contributed by atoms with Crippen LogP contribution in [0.4, 0.5) is 4.79 Å². The quantitative estimate of drug-likeness (QED) is 0.820. The second-order valence-electron chi connectivity index (χ2n) is 4.49. The highest BCUT2D eigenvalue weighted by molar-refractivity contribution is 5.80. The number of hydrogen-bond donors (Lipinski definition) is 1. The Hall–Kier alpha value is -2.48. The molecule has 1 unspecified atom stereocenters. The van der Waals surface area contributed by atoms with Gasteiger partial charge in [0.2, 0.25) is 0 Å². The van der Waals surface area contributed by atoms with Gasteiger partial charge in [-0.25, -0.2) is 4.79 Å². The third kappa shape index (κ3) is 3.75. The normalized spacial score (nSPS) is 17.2. The van der Waals surface area contributed by atoms with Crippen LogP contribution in [0.1, 0.15) is 18.4 Å². The van der Waals surface area contributed by atoms with E-state index in [9.17, 15) is 9.59 Å². The number of hydrogen-bond acceptors (Lipinski definition) is 3. The molecule has 1 fully saturated rings. The van der Waals surface area contributed by atoms with E-state index in [1.54, 1.807) is 4.90 Å². The lowest BCUT2D eigenvalue weighted by atomic mass is 10.2. The molecule has 1 aromatic carbocycles. The highest BCUT2D eigenvalue weighted by atomic mass is 16.5. The molecule has 2 amide bonds. The highest BCUT2D eigenvalue weighted by Gasteiger charge is 2.27. The maximum atomic E-state index is 11.9. The predicted octanol–water partition coefficient (Wildman–Crippen LogP) is 1.12. The van der Waals surface area contributed by atoms with Gasteiger partial charge in [-0.15, -0.1) is 0 Å². The first-order valence-corrected chi connectivity index (χ1v) is 6.45. The van der Waals surface area contributed by atoms with Gasteiger partial charge in [-0.1, -0.05) is 30.0 Å². The van der Waals surface area contributed by atoms with Crippen molar-refractivity contribution in [2.45, 2.75) is 18.9 Å². The third-order valence-electron chi connectivity index (χ3n) is 3.07. The van der Waals surface area contributed by atoms with Crippen LogP contribution in [0.3, 0.4) is 0 Å². The number of likely N-dealkylation sites (tertiary alicyclic amines) is 1. The van der Waals surface area contributed by atoms with E-state index >= 15 is 0 Å². The zero-order valence-corrected chi connectivity index (χ0v) is 11.0. The molecule has 0 bridgehead atoms. The number of primary amides is 1. The van der Waals surface area contributed by atoms with Crippen molar-refractivity contribution in [3.05, 3.63) is 35.9 Å². The van der Waals surface area contributed by atoms with E-state index in [-0.39, 0.29) is 18.6 Å². The van der Waals surface area contributed by atoms with Gasteiger partial charge in [-0.05, 0) is 25.0 Å². The van der Waals surface area contributed by atoms with Crippen LogP contribution in [-0.2, 0) is 9.53 Å². The van der Waals surface area contributed by atoms with E-state index in [0.29, 0.717) is 6.54 Å². The SMILES string of the molecule is NC(=O)OCC(=O)N1CCCC1C#Cc1ccccc1. The molecule has 1 saturated heterocycles. The Morgan fingerprint density at radius 1 is 1.35 bits per heavy atom. The van der Waals surface area contributed by atoms with Gasteiger partial charge in [0.1, 0.15) is 0 Å². The van der Waals surface area contributed by atoms with Crippen LogP contribution in [0, 0.1) is 11.8 Å². The lowest BCUT2D eigenvalue weighted by Crippen LogP contribution is -2.38. The minimum absolute atomic E-state index is 0.126. The molecule has 1 atom stereocenters. The third-order valence-corrected chi connectivity index (χ3v) is 3.07. The van der Waals surface area contributed by atoms with Crippen LogP contribution in [0.25, 0.3) is 0 Å². The van der Waals surface area contributed by atoms with E-state index in [1.807, 2.05) is 30.3 Å². The van der Waals surface area contributed by atoms with Crippen molar-refractivity contribution < 1.29 is 14.3 Å². The molecule has 0 aromatic heterocycles. The number of nitrogens with two attached hydrogens (primary N) is 1. The fourth-order valence-corrected chi connectivity index (χ4v) is 2.12. The van der Waals surface area contributed by atoms with Crippen LogP contribution in [0.15, 0.2) is 30.3 Å². The van der Waals surface area contributed by atoms with Crippen LogP contribution in [0.2, 0.25) is 0 Å². The molecule has 5 heteroatoms. The van der Waals surface area contributed by atoms with Crippen molar-refractivity contribution in [3.8, 4) is 11.8 Å². The molecule has 104 valence electrons. The Labute approximate surface area is 117 Å². The van der Waals surface area contributed by atoms with E-state index in [0.717, 1.165) is 18.4 Å². The van der Waals surface area contributed by atoms with Crippen molar-refractivity contribution in [3.63, 3.8) is 0 Å². The Bertz CT molecular complexity index is 545. The summed E-state index contributed by atoms with van der Waals surface area (Å²) in [6.07, 6.45) is 0.794. The van der Waals surface area contributed by atoms with Gasteiger partial charge in [-0.3, -0.25) is 4.79 Å². The summed E-state index contributed by atoms with van der Waals surface area (Å²) in [6, 6.07) is 9.48. The molecule has 1 heterocycles. The van der Waals surface area contributed by atoms with Crippen LogP contribution >= 0.6 is 0 Å². The first-order chi connectivity index (χ1) is 9.66. The number of amides is 2. The zero-order chi connectivity index (χ0) is 14.4. The standard InChI is InChI=1S/C15H16N2O3/c16-15(19)20-11-14(18)17-10-4-7-13(17)9-8-12-5-2-1-3-6-12/h1-3,5-6,13H,4,7,10-11H2,(H2,16,19). The van der Waals surface area contributed by atoms with Gasteiger partial charge in [0.05, 0.1) is 6.04 Å². The molecule has 5 nitrogen and oxygen atoms in total. The Kier molecular flexibility index (Phi) is 4.61. The smallest absolute Gasteiger partial charge is 0.405 e. The first kappa shape index (κ1) is 13.9. The average molecular weight is 272 g/mol. The molecule has 2 rings (SSSR count). The summed E-state index contributed by atoms with van der Waals surface area (Å²) in [4.78, 5) is 24.0. The molecule has 2 N–H and O–H groups in total. The van der Waals surface area contributed by atoms with Gasteiger partial charge in [-0.2, -0.15) is 0 Å². The molecule has 1 aromatic rings. The Balaban J connectivity index is 1.99. The molecule has 20 heavy (non-hydrogen) atoms. The number of carbonyl (C=O) groups is 2. The van der Waals surface area contributed by atoms with Crippen molar-refractivity contribution >= 4 is 12.0 Å². The van der Waals surface area contributed by atoms with Crippen molar-refractivity contribution in [2.24, 2.45) is 5.73 Å². The monoisotopic (exact) mass is 272 g/mol. The topological polar surface area (TPSA) is 72.6 Å². The van der Waals surface area contributed by atoms with Gasteiger partial charge in [0, 0.05) is 12.1 Å². The highest BCUT2D eigenvalue weighted by Crippen LogP contribution is 2.16. The molecule has 0 radical (unpaired) electrons. The summed E-state index contributed by atoms with van der Waals surface area (Å²) in [7, 11) is 0. The minimum Gasteiger partial charge on any atom is -0.440 e. The van der Waals surface area contributed by atoms with Gasteiger partial charge >= 0.3 is 6.09 Å². The van der Waals surface area contributed by atoms with Crippen molar-refractivity contribution in [1.82, 2.24) is 4.90 Å². The van der Waals surface area contributed by atoms with E-state index in [1.165, 1.54) is 0 Å². The number of benzene rings is 1. The average Bonchev–Trinajstić information content (AvgIpc) is 2.92. The van der Waals surface area contributed by atoms with Crippen LogP contribution in [-0.4, -0.2) is 36.1 Å². The number of nitrogens with zero attached hydrogens (tertiary/aromatic N) is 1. The largest absolute Gasteiger partial charge is 0.440 e. The van der Waals surface area contributed by atoms with Crippen LogP contribution in [0.5, 0.6) is 0 Å². The second kappa shape index (κ2) is 6.62. The molecular weight excluding hydrogens is 256 g/mol. The van der Waals surface area contributed by atoms with Gasteiger partial charge in [0.15, 0.2) is 6.61 Å². The molecule has 1 aliphatic heterocycles. The van der Waals surface area contributed by atoms with Crippen LogP contribution < -0.4 is 5.73 Å². The summed E-state index contributed by atoms with van der Waals surface area (Å²) in [6.45, 7) is 0.313. The molecule has 1 aliphatic rings. The lowest BCUT2D eigenvalue weighted by Gasteiger charge is -2.20. The van der Waals surface area contributed by atoms with E-state index in [4.69, 9.17) is 5.73 Å². The summed E-state index contributed by atoms with van der Waals surface area (Å²) < 4.78 is 4.53. The Morgan fingerprint density at radius 3 is 2.80 bits per heavy atom. The van der Waals surface area contributed by atoms with E-state index in [2.05, 4.69) is 16.6 Å². The predicted molar refractivity (Wildman–Crippen MR) is 73.6 cm³/mol. The molecule has 0 saturated carbocycles. The molecule has 0 aliphatic carbocycles. The lowest BCUT2D eigenvalue weighted by molar-refractivity contribution is -0.134. The summed E-state index contributed by atoms with van der Waals surface area (Å²) in [5.74, 6) is 5.90. The molecule has 0 spiro atoms. The van der Waals surface area contributed by atoms with Crippen molar-refractivity contribution in [1.29, 1.82) is 0 Å². The molecular formula is C15H16N2O3. The summed E-state index contributed by atoms with van der Waals surface area (Å²) >= 11 is 0. The fourth-order valence-electron chi connectivity index (χ4n) is 2.12. The fraction of sp³-hybridized carbons (Fsp3) is 0.333. The summed E-state index contributed by atoms with van der Waals surface area (Å²) in [5.41, 5.74) is 5.77. The second-order valence-corrected chi connectivity index (χ2v) is 4.49. The van der Waals surface area contributed by atoms with E-state index < -0.39 is 6.09 Å². The first-order valence-electron chi connectivity index (χ1n) is 6.45. The zero-order valence-electron chi connectivity index (χ0n) is 11.0. The number of ether oxygens (including phenoxy) is 1. The summed E-state index contributed by atoms with van der Waals surface area (Å²) in [5, 5.41) is 0. The van der Waals surface area contributed by atoms with Gasteiger partial charge < -0.3 is 15.4 Å². The number of rotatable bonds is 2. The maximum Gasteiger partial charge on any atom is 0.405 e. The Morgan fingerprint density at radius 2 is 2.10 bits per heavy atom. The van der Waals surface area contributed by atoms with Gasteiger partial charge in [0.25, 0.3) is 5.91 Å². The number of carbonyl (C=O) groups excluding carboxylic acids is 2. The maximum absolute atomic E-state index is 11.9. The minimum atomic E-state index is -0.940.